The Morgan fingerprint density at radius 1 is 0.483 bits per heavy atom. The molecule has 87 heavy (non-hydrogen) atoms. The largest absolute Gasteiger partial charge is 0.481 e. The highest BCUT2D eigenvalue weighted by Gasteiger charge is 2.36. The predicted molar refractivity (Wildman–Crippen MR) is 315 cm³/mol. The van der Waals surface area contributed by atoms with Gasteiger partial charge in [0.2, 0.25) is 59.1 Å². The molecule has 1 aromatic rings. The molecule has 486 valence electrons. The molecule has 0 heterocycles. The van der Waals surface area contributed by atoms with Gasteiger partial charge in [0.25, 0.3) is 0 Å². The van der Waals surface area contributed by atoms with E-state index in [1.165, 1.54) is 32.5 Å². The Kier molecular flexibility index (Phi) is 35.0. The molecule has 1 rings (SSSR count). The lowest BCUT2D eigenvalue weighted by Gasteiger charge is -2.29. The van der Waals surface area contributed by atoms with Gasteiger partial charge in [-0.2, -0.15) is 11.8 Å². The van der Waals surface area contributed by atoms with Crippen molar-refractivity contribution >= 4 is 101 Å². The van der Waals surface area contributed by atoms with Gasteiger partial charge < -0.3 is 91.2 Å². The lowest BCUT2D eigenvalue weighted by molar-refractivity contribution is -0.142. The van der Waals surface area contributed by atoms with Crippen LogP contribution in [0.4, 0.5) is 0 Å². The van der Waals surface area contributed by atoms with E-state index >= 15 is 0 Å². The molecule has 10 amide bonds. The fourth-order valence-electron chi connectivity index (χ4n) is 8.16. The number of rotatable bonds is 43. The van der Waals surface area contributed by atoms with E-state index < -0.39 is 188 Å². The van der Waals surface area contributed by atoms with Crippen LogP contribution in [0.1, 0.15) is 117 Å². The minimum absolute atomic E-state index is 0.00219. The molecule has 0 aliphatic heterocycles. The zero-order valence-electron chi connectivity index (χ0n) is 49.6. The number of guanidine groups is 1. The van der Waals surface area contributed by atoms with Crippen molar-refractivity contribution in [2.45, 2.75) is 179 Å². The van der Waals surface area contributed by atoms with Crippen LogP contribution in [0.3, 0.4) is 0 Å². The maximum atomic E-state index is 14.1. The first-order valence-electron chi connectivity index (χ1n) is 28.0. The van der Waals surface area contributed by atoms with E-state index in [1.807, 2.05) is 0 Å². The summed E-state index contributed by atoms with van der Waals surface area (Å²) in [6, 6.07) is -6.62. The van der Waals surface area contributed by atoms with Crippen LogP contribution in [0.15, 0.2) is 35.3 Å². The zero-order chi connectivity index (χ0) is 66.1. The standard InChI is InChI=1S/C54H86N14O18S/c1-27(2)25-37(51(83)67-38(53(85)86)26-30-11-8-7-9-12-30)66-47(79)32(13-10-23-59-54(57)58)65-52(84)43(28(3)4)68-44(76)29(5)60-46(78)33(15-19-40(70)71)62-48(80)34(16-20-41(72)73)63-49(81)35(17-21-42(74)75)64-50(82)36(22-24-87-6)61-45(77)31(55)14-18-39(56)69/h7-9,11-12,27-29,31-38,43H,10,13-26,55H2,1-6H3,(H2,56,69)(H,60,78)(H,61,77)(H,62,80)(H,63,81)(H,64,82)(H,65,84)(H,66,79)(H,67,83)(H,68,76)(H,70,71)(H,72,73)(H,74,75)(H,85,86)(H4,57,58,59)/t29-,31-,32-,33-,34-,35-,36-,37-,38-,43-/m0/s1. The van der Waals surface area contributed by atoms with E-state index in [2.05, 4.69) is 52.8 Å². The summed E-state index contributed by atoms with van der Waals surface area (Å²) in [6.07, 6.45) is -3.03. The molecule has 0 aromatic heterocycles. The molecule has 0 saturated heterocycles. The maximum absolute atomic E-state index is 14.1. The average molecular weight is 1250 g/mol. The van der Waals surface area contributed by atoms with Gasteiger partial charge in [-0.3, -0.25) is 67.3 Å². The second-order valence-electron chi connectivity index (χ2n) is 21.2. The van der Waals surface area contributed by atoms with Crippen molar-refractivity contribution in [3.05, 3.63) is 35.9 Å². The zero-order valence-corrected chi connectivity index (χ0v) is 50.4. The number of carbonyl (C=O) groups is 14. The number of amides is 10. The molecule has 32 nitrogen and oxygen atoms in total. The Balaban J connectivity index is 3.47. The Morgan fingerprint density at radius 3 is 1.32 bits per heavy atom. The van der Waals surface area contributed by atoms with Crippen molar-refractivity contribution in [3.63, 3.8) is 0 Å². The highest BCUT2D eigenvalue weighted by Crippen LogP contribution is 2.13. The summed E-state index contributed by atoms with van der Waals surface area (Å²) >= 11 is 1.28. The van der Waals surface area contributed by atoms with Crippen LogP contribution in [0.25, 0.3) is 0 Å². The van der Waals surface area contributed by atoms with Crippen LogP contribution < -0.4 is 70.8 Å². The van der Waals surface area contributed by atoms with Crippen LogP contribution in [-0.4, -0.2) is 188 Å². The van der Waals surface area contributed by atoms with Crippen LogP contribution in [0, 0.1) is 11.8 Å². The van der Waals surface area contributed by atoms with Crippen molar-refractivity contribution in [3.8, 4) is 0 Å². The number of hydrogen-bond acceptors (Lipinski definition) is 17. The van der Waals surface area contributed by atoms with Gasteiger partial charge in [-0.25, -0.2) is 4.79 Å². The Morgan fingerprint density at radius 2 is 0.897 bits per heavy atom. The van der Waals surface area contributed by atoms with Crippen LogP contribution in [-0.2, 0) is 73.5 Å². The van der Waals surface area contributed by atoms with Gasteiger partial charge in [0.1, 0.15) is 54.4 Å². The van der Waals surface area contributed by atoms with E-state index in [9.17, 15) is 87.5 Å². The minimum Gasteiger partial charge on any atom is -0.481 e. The average Bonchev–Trinajstić information content (AvgIpc) is 3.52. The normalized spacial score (nSPS) is 14.4. The van der Waals surface area contributed by atoms with Gasteiger partial charge in [-0.1, -0.05) is 58.0 Å². The summed E-state index contributed by atoms with van der Waals surface area (Å²) in [4.78, 5) is 187. The van der Waals surface area contributed by atoms with Gasteiger partial charge in [0.05, 0.1) is 6.04 Å². The molecule has 0 fully saturated rings. The second kappa shape index (κ2) is 39.9. The third-order valence-corrected chi connectivity index (χ3v) is 13.6. The highest BCUT2D eigenvalue weighted by molar-refractivity contribution is 7.98. The molecule has 33 heteroatoms. The first-order valence-corrected chi connectivity index (χ1v) is 29.4. The number of nitrogens with zero attached hydrogens (tertiary/aromatic N) is 1. The summed E-state index contributed by atoms with van der Waals surface area (Å²) in [5, 5.41) is 60.4. The van der Waals surface area contributed by atoms with E-state index in [0.29, 0.717) is 5.56 Å². The number of carboxylic acids is 4. The van der Waals surface area contributed by atoms with Crippen molar-refractivity contribution in [2.24, 2.45) is 39.8 Å². The molecule has 0 radical (unpaired) electrons. The summed E-state index contributed by atoms with van der Waals surface area (Å²) < 4.78 is 0. The molecular weight excluding hydrogens is 1160 g/mol. The molecule has 21 N–H and O–H groups in total. The van der Waals surface area contributed by atoms with Crippen LogP contribution in [0.5, 0.6) is 0 Å². The molecule has 0 saturated carbocycles. The van der Waals surface area contributed by atoms with Gasteiger partial charge in [-0.15, -0.1) is 0 Å². The minimum atomic E-state index is -1.86. The smallest absolute Gasteiger partial charge is 0.326 e. The summed E-state index contributed by atoms with van der Waals surface area (Å²) in [5.74, 6) is -16.4. The number of aliphatic carboxylic acids is 4. The first kappa shape index (κ1) is 76.4. The molecule has 0 spiro atoms. The summed E-state index contributed by atoms with van der Waals surface area (Å²) in [7, 11) is 0. The van der Waals surface area contributed by atoms with Crippen LogP contribution >= 0.6 is 11.8 Å². The van der Waals surface area contributed by atoms with Crippen LogP contribution in [0.2, 0.25) is 0 Å². The molecule has 0 unspecified atom stereocenters. The van der Waals surface area contributed by atoms with E-state index in [4.69, 9.17) is 22.9 Å². The second-order valence-corrected chi connectivity index (χ2v) is 22.2. The lowest BCUT2D eigenvalue weighted by atomic mass is 9.99. The number of carbonyl (C=O) groups excluding carboxylic acids is 10. The Bertz CT molecular complexity index is 2570. The Hall–Kier alpha value is -8.62. The van der Waals surface area contributed by atoms with Crippen molar-refractivity contribution in [1.82, 2.24) is 47.9 Å². The molecule has 1 aromatic carbocycles. The van der Waals surface area contributed by atoms with Crippen molar-refractivity contribution < 1.29 is 87.5 Å². The SMILES string of the molecule is CSCC[C@H](NC(=O)[C@@H](N)CCC(N)=O)C(=O)N[C@@H](CCC(=O)O)C(=O)N[C@@H](CCC(=O)O)C(=O)N[C@@H](CCC(=O)O)C(=O)N[C@@H](C)C(=O)N[C@H](C(=O)N[C@@H](CCCN=C(N)N)C(=O)N[C@@H](CC(C)C)C(=O)N[C@@H](Cc1ccccc1)C(=O)O)C(C)C. The number of nitrogens with one attached hydrogen (secondary N) is 9. The van der Waals surface area contributed by atoms with E-state index in [1.54, 1.807) is 50.4 Å². The monoisotopic (exact) mass is 1250 g/mol. The number of aliphatic imine (C=N–C) groups is 1. The third kappa shape index (κ3) is 31.4. The van der Waals surface area contributed by atoms with Gasteiger partial charge in [0, 0.05) is 38.6 Å². The predicted octanol–water partition coefficient (Wildman–Crippen LogP) is -3.61. The van der Waals surface area contributed by atoms with Crippen molar-refractivity contribution in [1.29, 1.82) is 0 Å². The molecular formula is C54H86N14O18S. The lowest BCUT2D eigenvalue weighted by Crippen LogP contribution is -2.61. The quantitative estimate of drug-likeness (QED) is 0.0171. The first-order chi connectivity index (χ1) is 40.8. The molecule has 0 aliphatic carbocycles. The van der Waals surface area contributed by atoms with E-state index in [0.717, 1.165) is 0 Å². The molecule has 10 atom stereocenters. The summed E-state index contributed by atoms with van der Waals surface area (Å²) in [6.45, 7) is 7.77. The highest BCUT2D eigenvalue weighted by atomic mass is 32.2. The maximum Gasteiger partial charge on any atom is 0.326 e. The number of nitrogens with two attached hydrogens (primary N) is 4. The third-order valence-electron chi connectivity index (χ3n) is 12.9. The molecule has 0 aliphatic rings. The van der Waals surface area contributed by atoms with Crippen molar-refractivity contribution in [2.75, 3.05) is 18.6 Å². The number of primary amides is 1. The van der Waals surface area contributed by atoms with Gasteiger partial charge in [0.15, 0.2) is 5.96 Å². The Labute approximate surface area is 507 Å². The number of benzene rings is 1. The summed E-state index contributed by atoms with van der Waals surface area (Å²) in [5.41, 5.74) is 22.6. The van der Waals surface area contributed by atoms with E-state index in [-0.39, 0.29) is 69.1 Å². The number of thioether (sulfide) groups is 1. The topological polar surface area (TPSA) is 545 Å². The fourth-order valence-corrected chi connectivity index (χ4v) is 8.63. The number of carboxylic acid groups (broad SMARTS) is 4. The fraction of sp³-hybridized carbons (Fsp3) is 0.611. The van der Waals surface area contributed by atoms with Gasteiger partial charge in [-0.05, 0) is 87.7 Å². The molecule has 0 bridgehead atoms. The number of hydrogen-bond donors (Lipinski definition) is 17. The van der Waals surface area contributed by atoms with Gasteiger partial charge >= 0.3 is 23.9 Å².